The van der Waals surface area contributed by atoms with Crippen molar-refractivity contribution in [3.63, 3.8) is 0 Å². The van der Waals surface area contributed by atoms with Crippen LogP contribution in [0.2, 0.25) is 0 Å². The van der Waals surface area contributed by atoms with Crippen molar-refractivity contribution in [2.24, 2.45) is 0 Å². The molecule has 0 radical (unpaired) electrons. The van der Waals surface area contributed by atoms with Crippen molar-refractivity contribution in [3.05, 3.63) is 0 Å². The van der Waals surface area contributed by atoms with Gasteiger partial charge in [-0.05, 0) is 0 Å². The highest BCUT2D eigenvalue weighted by Gasteiger charge is 2.43. The van der Waals surface area contributed by atoms with Gasteiger partial charge in [-0.2, -0.15) is 0 Å². The maximum Gasteiger partial charge on any atom is 0.151 e. The molecule has 0 saturated carbocycles. The third-order valence-corrected chi connectivity index (χ3v) is 2.06. The minimum Gasteiger partial charge on any atom is -0.394 e. The molecule has 2 unspecified atom stereocenters. The van der Waals surface area contributed by atoms with Crippen molar-refractivity contribution >= 4 is 6.29 Å². The summed E-state index contributed by atoms with van der Waals surface area (Å²) in [6.07, 6.45) is -6.21. The van der Waals surface area contributed by atoms with Gasteiger partial charge in [-0.25, -0.2) is 0 Å². The van der Waals surface area contributed by atoms with Crippen LogP contribution in [0.25, 0.3) is 0 Å². The quantitative estimate of drug-likeness (QED) is 0.348. The molecule has 0 amide bonds. The fourth-order valence-electron chi connectivity index (χ4n) is 1.24. The molecule has 1 rings (SSSR count). The van der Waals surface area contributed by atoms with Crippen molar-refractivity contribution in [1.29, 1.82) is 0 Å². The second kappa shape index (κ2) is 4.12. The van der Waals surface area contributed by atoms with Gasteiger partial charge in [0.15, 0.2) is 6.29 Å². The fraction of sp³-hybridized carbons (Fsp3) is 0.857. The van der Waals surface area contributed by atoms with Crippen molar-refractivity contribution in [2.45, 2.75) is 30.5 Å². The molecule has 1 fully saturated rings. The molecular formula is C7H12O6. The predicted molar refractivity (Wildman–Crippen MR) is 39.8 cm³/mol. The number of aldehydes is 1. The third-order valence-electron chi connectivity index (χ3n) is 2.06. The maximum atomic E-state index is 10.3. The van der Waals surface area contributed by atoms with Gasteiger partial charge in [0.1, 0.15) is 30.5 Å². The van der Waals surface area contributed by atoms with Gasteiger partial charge in [0.05, 0.1) is 6.61 Å². The standard InChI is InChI=1S/C7H12O6/c8-1-3-5(10)7(12)6(11)4(2-9)13-3/h1,3-7,9-12H,2H2/t3-,4?,5?,6+,7-/m1/s1. The summed E-state index contributed by atoms with van der Waals surface area (Å²) in [4.78, 5) is 10.3. The number of aliphatic hydroxyl groups is 4. The first-order valence-electron chi connectivity index (χ1n) is 3.87. The zero-order valence-corrected chi connectivity index (χ0v) is 6.78. The van der Waals surface area contributed by atoms with E-state index in [1.54, 1.807) is 0 Å². The van der Waals surface area contributed by atoms with Crippen LogP contribution in [0.5, 0.6) is 0 Å². The molecule has 1 heterocycles. The second-order valence-corrected chi connectivity index (χ2v) is 2.93. The topological polar surface area (TPSA) is 107 Å². The Bertz CT molecular complexity index is 182. The van der Waals surface area contributed by atoms with Crippen LogP contribution in [0.1, 0.15) is 0 Å². The van der Waals surface area contributed by atoms with E-state index >= 15 is 0 Å². The van der Waals surface area contributed by atoms with E-state index in [1.165, 1.54) is 0 Å². The van der Waals surface area contributed by atoms with Crippen LogP contribution in [0.15, 0.2) is 0 Å². The van der Waals surface area contributed by atoms with E-state index in [4.69, 9.17) is 9.84 Å². The third kappa shape index (κ3) is 1.87. The lowest BCUT2D eigenvalue weighted by Crippen LogP contribution is -2.58. The lowest BCUT2D eigenvalue weighted by molar-refractivity contribution is -0.221. The van der Waals surface area contributed by atoms with E-state index in [2.05, 4.69) is 0 Å². The summed E-state index contributed by atoms with van der Waals surface area (Å²) < 4.78 is 4.80. The van der Waals surface area contributed by atoms with Crippen molar-refractivity contribution < 1.29 is 30.0 Å². The summed E-state index contributed by atoms with van der Waals surface area (Å²) in [5.74, 6) is 0. The van der Waals surface area contributed by atoms with Gasteiger partial charge in [0.25, 0.3) is 0 Å². The Morgan fingerprint density at radius 1 is 1.15 bits per heavy atom. The molecule has 0 aromatic rings. The van der Waals surface area contributed by atoms with Gasteiger partial charge >= 0.3 is 0 Å². The fourth-order valence-corrected chi connectivity index (χ4v) is 1.24. The van der Waals surface area contributed by atoms with E-state index in [0.29, 0.717) is 6.29 Å². The summed E-state index contributed by atoms with van der Waals surface area (Å²) in [7, 11) is 0. The zero-order chi connectivity index (χ0) is 10.0. The molecule has 4 N–H and O–H groups in total. The average Bonchev–Trinajstić information content (AvgIpc) is 2.15. The summed E-state index contributed by atoms with van der Waals surface area (Å²) in [5.41, 5.74) is 0. The highest BCUT2D eigenvalue weighted by molar-refractivity contribution is 5.57. The molecular weight excluding hydrogens is 180 g/mol. The first-order valence-corrected chi connectivity index (χ1v) is 3.87. The van der Waals surface area contributed by atoms with Crippen molar-refractivity contribution in [1.82, 2.24) is 0 Å². The van der Waals surface area contributed by atoms with Gasteiger partial charge in [-0.15, -0.1) is 0 Å². The highest BCUT2D eigenvalue weighted by atomic mass is 16.5. The number of carbonyl (C=O) groups is 1. The first-order chi connectivity index (χ1) is 6.11. The summed E-state index contributed by atoms with van der Waals surface area (Å²) in [6, 6.07) is 0. The van der Waals surface area contributed by atoms with Gasteiger partial charge in [-0.1, -0.05) is 0 Å². The van der Waals surface area contributed by atoms with Crippen molar-refractivity contribution in [2.75, 3.05) is 6.61 Å². The lowest BCUT2D eigenvalue weighted by atomic mass is 9.96. The molecule has 0 aromatic heterocycles. The van der Waals surface area contributed by atoms with E-state index < -0.39 is 37.1 Å². The Balaban J connectivity index is 2.71. The average molecular weight is 192 g/mol. The number of rotatable bonds is 2. The Morgan fingerprint density at radius 3 is 2.23 bits per heavy atom. The molecule has 1 aliphatic heterocycles. The largest absolute Gasteiger partial charge is 0.394 e. The molecule has 0 aliphatic carbocycles. The normalized spacial score (nSPS) is 46.0. The Labute approximate surface area is 74.4 Å². The lowest BCUT2D eigenvalue weighted by Gasteiger charge is -2.37. The number of aliphatic hydroxyl groups excluding tert-OH is 4. The van der Waals surface area contributed by atoms with Gasteiger partial charge in [0.2, 0.25) is 0 Å². The van der Waals surface area contributed by atoms with Gasteiger partial charge in [-0.3, -0.25) is 0 Å². The summed E-state index contributed by atoms with van der Waals surface area (Å²) >= 11 is 0. The molecule has 1 saturated heterocycles. The molecule has 5 atom stereocenters. The molecule has 6 heteroatoms. The number of hydrogen-bond donors (Lipinski definition) is 4. The van der Waals surface area contributed by atoms with E-state index in [1.807, 2.05) is 0 Å². The van der Waals surface area contributed by atoms with Crippen LogP contribution in [0.3, 0.4) is 0 Å². The minimum absolute atomic E-state index is 0.322. The number of ether oxygens (including phenoxy) is 1. The Morgan fingerprint density at radius 2 is 1.77 bits per heavy atom. The van der Waals surface area contributed by atoms with Crippen LogP contribution in [-0.2, 0) is 9.53 Å². The molecule has 13 heavy (non-hydrogen) atoms. The molecule has 6 nitrogen and oxygen atoms in total. The SMILES string of the molecule is O=C[C@H]1OC(CO)[C@H](O)[C@H](O)C1O. The van der Waals surface area contributed by atoms with Crippen LogP contribution in [0, 0.1) is 0 Å². The number of hydrogen-bond acceptors (Lipinski definition) is 6. The zero-order valence-electron chi connectivity index (χ0n) is 6.78. The predicted octanol–water partition coefficient (Wildman–Crippen LogP) is -2.97. The molecule has 1 aliphatic rings. The van der Waals surface area contributed by atoms with Crippen LogP contribution in [0.4, 0.5) is 0 Å². The minimum atomic E-state index is -1.47. The van der Waals surface area contributed by atoms with E-state index in [0.717, 1.165) is 0 Å². The highest BCUT2D eigenvalue weighted by Crippen LogP contribution is 2.19. The monoisotopic (exact) mass is 192 g/mol. The van der Waals surface area contributed by atoms with Crippen LogP contribution in [-0.4, -0.2) is 63.8 Å². The van der Waals surface area contributed by atoms with Gasteiger partial charge < -0.3 is 30.0 Å². The van der Waals surface area contributed by atoms with Crippen LogP contribution >= 0.6 is 0 Å². The van der Waals surface area contributed by atoms with Crippen molar-refractivity contribution in [3.8, 4) is 0 Å². The van der Waals surface area contributed by atoms with E-state index in [-0.39, 0.29) is 0 Å². The summed E-state index contributed by atoms with van der Waals surface area (Å²) in [5, 5.41) is 36.3. The maximum absolute atomic E-state index is 10.3. The second-order valence-electron chi connectivity index (χ2n) is 2.93. The Kier molecular flexibility index (Phi) is 3.34. The molecule has 76 valence electrons. The molecule has 0 spiro atoms. The molecule has 0 aromatic carbocycles. The smallest absolute Gasteiger partial charge is 0.151 e. The van der Waals surface area contributed by atoms with Crippen LogP contribution < -0.4 is 0 Å². The summed E-state index contributed by atoms with van der Waals surface area (Å²) in [6.45, 7) is -0.519. The first kappa shape index (κ1) is 10.6. The molecule has 0 bridgehead atoms. The van der Waals surface area contributed by atoms with Gasteiger partial charge in [0, 0.05) is 0 Å². The van der Waals surface area contributed by atoms with E-state index in [9.17, 15) is 20.1 Å². The Hall–Kier alpha value is -0.530. The number of carbonyl (C=O) groups excluding carboxylic acids is 1.